The minimum Gasteiger partial charge on any atom is -0.377 e. The maximum atomic E-state index is 12.8. The van der Waals surface area contributed by atoms with Gasteiger partial charge in [-0.25, -0.2) is 0 Å². The van der Waals surface area contributed by atoms with Crippen LogP contribution in [0.3, 0.4) is 0 Å². The van der Waals surface area contributed by atoms with Crippen LogP contribution in [-0.4, -0.2) is 54.7 Å². The average molecular weight is 317 g/mol. The van der Waals surface area contributed by atoms with Crippen LogP contribution < -0.4 is 4.90 Å². The van der Waals surface area contributed by atoms with E-state index in [2.05, 4.69) is 23.7 Å². The molecule has 2 aliphatic heterocycles. The third-order valence-corrected chi connectivity index (χ3v) is 5.10. The molecule has 1 amide bonds. The van der Waals surface area contributed by atoms with Gasteiger partial charge in [-0.2, -0.15) is 0 Å². The van der Waals surface area contributed by atoms with Crippen LogP contribution in [0.4, 0.5) is 5.69 Å². The third kappa shape index (κ3) is 3.50. The standard InChI is InChI=1S/C18H27N3O2/c1-3-17-15(5-4-12-23-17)18(22)21-10-8-20(9-11-21)16-13-19-7-6-14(16)2/h6-7,13,15,17H,3-5,8-12H2,1-2H3/t15-,17+/m0/s1. The van der Waals surface area contributed by atoms with Gasteiger partial charge in [0.15, 0.2) is 0 Å². The second kappa shape index (κ2) is 7.30. The normalized spacial score (nSPS) is 25.5. The lowest BCUT2D eigenvalue weighted by Crippen LogP contribution is -2.52. The number of pyridine rings is 1. The van der Waals surface area contributed by atoms with Crippen molar-refractivity contribution in [3.8, 4) is 0 Å². The Morgan fingerprint density at radius 2 is 2.13 bits per heavy atom. The summed E-state index contributed by atoms with van der Waals surface area (Å²) in [6.45, 7) is 8.36. The Bertz CT molecular complexity index is 541. The summed E-state index contributed by atoms with van der Waals surface area (Å²) in [6, 6.07) is 2.04. The van der Waals surface area contributed by atoms with Crippen LogP contribution in [0, 0.1) is 12.8 Å². The summed E-state index contributed by atoms with van der Waals surface area (Å²) in [5.41, 5.74) is 2.43. The van der Waals surface area contributed by atoms with Crippen molar-refractivity contribution in [3.63, 3.8) is 0 Å². The quantitative estimate of drug-likeness (QED) is 0.858. The third-order valence-electron chi connectivity index (χ3n) is 5.10. The number of anilines is 1. The number of aromatic nitrogens is 1. The zero-order valence-corrected chi connectivity index (χ0v) is 14.2. The second-order valence-electron chi connectivity index (χ2n) is 6.54. The highest BCUT2D eigenvalue weighted by molar-refractivity contribution is 5.80. The molecule has 0 unspecified atom stereocenters. The largest absolute Gasteiger partial charge is 0.377 e. The summed E-state index contributed by atoms with van der Waals surface area (Å²) >= 11 is 0. The van der Waals surface area contributed by atoms with Gasteiger partial charge in [-0.3, -0.25) is 9.78 Å². The lowest BCUT2D eigenvalue weighted by atomic mass is 9.91. The van der Waals surface area contributed by atoms with Crippen LogP contribution in [0.2, 0.25) is 0 Å². The van der Waals surface area contributed by atoms with Gasteiger partial charge < -0.3 is 14.5 Å². The Hall–Kier alpha value is -1.62. The summed E-state index contributed by atoms with van der Waals surface area (Å²) in [7, 11) is 0. The van der Waals surface area contributed by atoms with E-state index in [9.17, 15) is 4.79 Å². The van der Waals surface area contributed by atoms with E-state index in [1.807, 2.05) is 23.4 Å². The fraction of sp³-hybridized carbons (Fsp3) is 0.667. The van der Waals surface area contributed by atoms with Crippen molar-refractivity contribution in [1.29, 1.82) is 0 Å². The van der Waals surface area contributed by atoms with E-state index in [1.54, 1.807) is 0 Å². The van der Waals surface area contributed by atoms with Crippen LogP contribution >= 0.6 is 0 Å². The fourth-order valence-corrected chi connectivity index (χ4v) is 3.71. The van der Waals surface area contributed by atoms with Crippen LogP contribution in [0.5, 0.6) is 0 Å². The van der Waals surface area contributed by atoms with Crippen molar-refractivity contribution < 1.29 is 9.53 Å². The highest BCUT2D eigenvalue weighted by Crippen LogP contribution is 2.26. The smallest absolute Gasteiger partial charge is 0.228 e. The predicted molar refractivity (Wildman–Crippen MR) is 90.5 cm³/mol. The zero-order chi connectivity index (χ0) is 16.2. The molecule has 126 valence electrons. The molecule has 2 saturated heterocycles. The maximum absolute atomic E-state index is 12.8. The Kier molecular flexibility index (Phi) is 5.16. The first kappa shape index (κ1) is 16.2. The summed E-state index contributed by atoms with van der Waals surface area (Å²) in [6.07, 6.45) is 6.75. The van der Waals surface area contributed by atoms with E-state index in [4.69, 9.17) is 4.74 Å². The monoisotopic (exact) mass is 317 g/mol. The molecule has 3 rings (SSSR count). The number of amides is 1. The van der Waals surface area contributed by atoms with Gasteiger partial charge in [0.25, 0.3) is 0 Å². The van der Waals surface area contributed by atoms with Crippen molar-refractivity contribution in [2.45, 2.75) is 39.2 Å². The van der Waals surface area contributed by atoms with E-state index in [-0.39, 0.29) is 12.0 Å². The average Bonchev–Trinajstić information content (AvgIpc) is 2.61. The highest BCUT2D eigenvalue weighted by Gasteiger charge is 2.34. The lowest BCUT2D eigenvalue weighted by Gasteiger charge is -2.40. The number of rotatable bonds is 3. The van der Waals surface area contributed by atoms with Crippen LogP contribution in [-0.2, 0) is 9.53 Å². The van der Waals surface area contributed by atoms with Crippen molar-refractivity contribution in [3.05, 3.63) is 24.0 Å². The maximum Gasteiger partial charge on any atom is 0.228 e. The van der Waals surface area contributed by atoms with Gasteiger partial charge >= 0.3 is 0 Å². The van der Waals surface area contributed by atoms with Crippen LogP contribution in [0.15, 0.2) is 18.5 Å². The molecule has 1 aromatic rings. The Morgan fingerprint density at radius 3 is 2.83 bits per heavy atom. The molecule has 0 bridgehead atoms. The number of piperazine rings is 1. The van der Waals surface area contributed by atoms with Crippen molar-refractivity contribution in [1.82, 2.24) is 9.88 Å². The molecule has 2 atom stereocenters. The van der Waals surface area contributed by atoms with Crippen molar-refractivity contribution >= 4 is 11.6 Å². The van der Waals surface area contributed by atoms with E-state index in [1.165, 1.54) is 11.3 Å². The van der Waals surface area contributed by atoms with Crippen molar-refractivity contribution in [2.24, 2.45) is 5.92 Å². The Morgan fingerprint density at radius 1 is 1.35 bits per heavy atom. The summed E-state index contributed by atoms with van der Waals surface area (Å²) in [5.74, 6) is 0.347. The van der Waals surface area contributed by atoms with E-state index < -0.39 is 0 Å². The summed E-state index contributed by atoms with van der Waals surface area (Å²) < 4.78 is 5.79. The molecule has 0 radical (unpaired) electrons. The van der Waals surface area contributed by atoms with Gasteiger partial charge in [0, 0.05) is 39.0 Å². The molecule has 3 heterocycles. The molecule has 0 aromatic carbocycles. The number of hydrogen-bond donors (Lipinski definition) is 0. The molecule has 23 heavy (non-hydrogen) atoms. The topological polar surface area (TPSA) is 45.7 Å². The number of aryl methyl sites for hydroxylation is 1. The van der Waals surface area contributed by atoms with Crippen LogP contribution in [0.25, 0.3) is 0 Å². The minimum atomic E-state index is 0.0560. The zero-order valence-electron chi connectivity index (χ0n) is 14.2. The number of carbonyl (C=O) groups is 1. The van der Waals surface area contributed by atoms with Crippen LogP contribution in [0.1, 0.15) is 31.7 Å². The molecular weight excluding hydrogens is 290 g/mol. The lowest BCUT2D eigenvalue weighted by molar-refractivity contribution is -0.145. The first-order valence-electron chi connectivity index (χ1n) is 8.76. The SMILES string of the molecule is CC[C@H]1OCCC[C@@H]1C(=O)N1CCN(c2cnccc2C)CC1. The number of ether oxygens (including phenoxy) is 1. The molecule has 5 nitrogen and oxygen atoms in total. The molecule has 1 aromatic heterocycles. The number of nitrogens with zero attached hydrogens (tertiary/aromatic N) is 3. The van der Waals surface area contributed by atoms with Gasteiger partial charge in [0.1, 0.15) is 0 Å². The van der Waals surface area contributed by atoms with Gasteiger partial charge in [-0.05, 0) is 37.8 Å². The van der Waals surface area contributed by atoms with Gasteiger partial charge in [-0.1, -0.05) is 6.92 Å². The van der Waals surface area contributed by atoms with E-state index >= 15 is 0 Å². The molecule has 0 saturated carbocycles. The first-order chi connectivity index (χ1) is 11.2. The number of hydrogen-bond acceptors (Lipinski definition) is 4. The second-order valence-corrected chi connectivity index (χ2v) is 6.54. The fourth-order valence-electron chi connectivity index (χ4n) is 3.71. The van der Waals surface area contributed by atoms with Gasteiger partial charge in [0.05, 0.1) is 23.9 Å². The summed E-state index contributed by atoms with van der Waals surface area (Å²) in [5, 5.41) is 0. The van der Waals surface area contributed by atoms with Gasteiger partial charge in [-0.15, -0.1) is 0 Å². The summed E-state index contributed by atoms with van der Waals surface area (Å²) in [4.78, 5) is 21.4. The van der Waals surface area contributed by atoms with E-state index in [0.717, 1.165) is 52.0 Å². The van der Waals surface area contributed by atoms with Gasteiger partial charge in [0.2, 0.25) is 5.91 Å². The molecular formula is C18H27N3O2. The number of carbonyl (C=O) groups excluding carboxylic acids is 1. The Balaban J connectivity index is 1.60. The molecule has 0 aliphatic carbocycles. The molecule has 0 spiro atoms. The first-order valence-corrected chi connectivity index (χ1v) is 8.76. The minimum absolute atomic E-state index is 0.0560. The molecule has 5 heteroatoms. The molecule has 2 aliphatic rings. The highest BCUT2D eigenvalue weighted by atomic mass is 16.5. The predicted octanol–water partition coefficient (Wildman–Crippen LogP) is 2.24. The Labute approximate surface area is 138 Å². The molecule has 2 fully saturated rings. The molecule has 0 N–H and O–H groups in total. The van der Waals surface area contributed by atoms with Crippen molar-refractivity contribution in [2.75, 3.05) is 37.7 Å². The van der Waals surface area contributed by atoms with E-state index in [0.29, 0.717) is 5.91 Å².